The van der Waals surface area contributed by atoms with Gasteiger partial charge in [-0.05, 0) is 159 Å². The quantitative estimate of drug-likeness (QED) is 0.166. The summed E-state index contributed by atoms with van der Waals surface area (Å²) in [5.74, 6) is 1.42. The SMILES string of the molecule is c1ccc(-c2nc(-c3ccc4c(c3)C3c5ccccc5C4c4cc(-c5cc(-c6ccc7c(c6)C6(c8ccccc8-c8ccccc86)c6ccccc6-7)nc(-c6ccccc6)n5)ccc43)cc(-c3ccc4c(c3)C3(c5ccccc5-c5ccccc53)c3ccccc3-4)n2)cc1. The van der Waals surface area contributed by atoms with Crippen molar-refractivity contribution < 1.29 is 0 Å². The molecule has 94 heavy (non-hydrogen) atoms. The molecule has 0 saturated heterocycles. The molecular weight excluding hydrogens is 1140 g/mol. The van der Waals surface area contributed by atoms with E-state index in [1.165, 1.54) is 122 Å². The smallest absolute Gasteiger partial charge is 0.160 e. The maximum Gasteiger partial charge on any atom is 0.160 e. The minimum absolute atomic E-state index is 0.0105. The van der Waals surface area contributed by atoms with E-state index in [0.717, 1.165) is 56.2 Å². The monoisotopic (exact) mass is 1190 g/mol. The van der Waals surface area contributed by atoms with Crippen molar-refractivity contribution in [3.63, 3.8) is 0 Å². The minimum atomic E-state index is -0.473. The third-order valence-corrected chi connectivity index (χ3v) is 21.7. The van der Waals surface area contributed by atoms with E-state index >= 15 is 0 Å². The lowest BCUT2D eigenvalue weighted by atomic mass is 9.60. The zero-order valence-electron chi connectivity index (χ0n) is 51.0. The summed E-state index contributed by atoms with van der Waals surface area (Å²) in [4.78, 5) is 21.9. The first-order valence-electron chi connectivity index (χ1n) is 32.7. The molecular formula is C90H54N4. The lowest BCUT2D eigenvalue weighted by molar-refractivity contribution is 0.755. The molecule has 15 aromatic rings. The summed E-state index contributed by atoms with van der Waals surface area (Å²) in [5.41, 5.74) is 37.6. The van der Waals surface area contributed by atoms with Crippen molar-refractivity contribution in [3.8, 4) is 112 Å². The van der Waals surface area contributed by atoms with Crippen LogP contribution >= 0.6 is 0 Å². The zero-order chi connectivity index (χ0) is 61.4. The molecule has 2 spiro atoms. The van der Waals surface area contributed by atoms with Gasteiger partial charge in [0.1, 0.15) is 0 Å². The average Bonchev–Trinajstić information content (AvgIpc) is 1.44. The molecule has 0 amide bonds. The van der Waals surface area contributed by atoms with Crippen LogP contribution in [0.25, 0.3) is 112 Å². The number of rotatable bonds is 6. The minimum Gasteiger partial charge on any atom is -0.228 e. The molecule has 0 aliphatic heterocycles. The predicted octanol–water partition coefficient (Wildman–Crippen LogP) is 20.9. The Balaban J connectivity index is 0.693. The van der Waals surface area contributed by atoms with Gasteiger partial charge in [-0.25, -0.2) is 19.9 Å². The zero-order valence-corrected chi connectivity index (χ0v) is 51.0. The van der Waals surface area contributed by atoms with E-state index < -0.39 is 10.8 Å². The van der Waals surface area contributed by atoms with Gasteiger partial charge < -0.3 is 0 Å². The molecule has 0 radical (unpaired) electrons. The second-order valence-electron chi connectivity index (χ2n) is 26.1. The number of hydrogen-bond acceptors (Lipinski definition) is 4. The fourth-order valence-electron chi connectivity index (χ4n) is 18.0. The van der Waals surface area contributed by atoms with Crippen LogP contribution in [0, 0.1) is 0 Å². The summed E-state index contributed by atoms with van der Waals surface area (Å²) in [5, 5.41) is 0. The van der Waals surface area contributed by atoms with Gasteiger partial charge in [-0.2, -0.15) is 0 Å². The molecule has 0 fully saturated rings. The number of aromatic nitrogens is 4. The van der Waals surface area contributed by atoms with Crippen molar-refractivity contribution in [1.29, 1.82) is 0 Å². The van der Waals surface area contributed by atoms with Crippen LogP contribution in [0.1, 0.15) is 89.7 Å². The first kappa shape index (κ1) is 51.7. The Bertz CT molecular complexity index is 5300. The van der Waals surface area contributed by atoms with Gasteiger partial charge in [-0.1, -0.05) is 279 Å². The van der Waals surface area contributed by atoms with Crippen molar-refractivity contribution in [2.75, 3.05) is 0 Å². The van der Waals surface area contributed by atoms with Crippen LogP contribution in [-0.2, 0) is 10.8 Å². The largest absolute Gasteiger partial charge is 0.228 e. The van der Waals surface area contributed by atoms with Crippen molar-refractivity contribution >= 4 is 0 Å². The van der Waals surface area contributed by atoms with Gasteiger partial charge >= 0.3 is 0 Å². The molecule has 4 heteroatoms. The molecule has 7 aliphatic rings. The van der Waals surface area contributed by atoms with E-state index in [1.54, 1.807) is 0 Å². The van der Waals surface area contributed by atoms with E-state index in [4.69, 9.17) is 19.9 Å². The van der Waals surface area contributed by atoms with Crippen LogP contribution in [0.4, 0.5) is 0 Å². The second-order valence-corrected chi connectivity index (χ2v) is 26.1. The predicted molar refractivity (Wildman–Crippen MR) is 378 cm³/mol. The van der Waals surface area contributed by atoms with E-state index in [2.05, 4.69) is 315 Å². The van der Waals surface area contributed by atoms with Crippen LogP contribution < -0.4 is 0 Å². The van der Waals surface area contributed by atoms with Crippen molar-refractivity contribution in [2.45, 2.75) is 22.7 Å². The molecule has 22 rings (SSSR count). The summed E-state index contributed by atoms with van der Waals surface area (Å²) in [6, 6.07) is 117. The molecule has 7 aliphatic carbocycles. The Hall–Kier alpha value is -12.0. The molecule has 13 aromatic carbocycles. The summed E-state index contributed by atoms with van der Waals surface area (Å²) >= 11 is 0. The number of benzene rings is 13. The summed E-state index contributed by atoms with van der Waals surface area (Å²) in [7, 11) is 0. The standard InChI is InChI=1S/C90H54N4/c1-3-21-53(22-4-1)87-91-81(51-83(93-87)57-39-43-65-63-29-13-19-37-77(63)89(79(65)49-57)73-33-15-9-25-59(73)60-26-10-16-34-74(60)89)55-41-45-69-71(47-55)85-67-31-7-8-32-68(67)86(69)72-48-56(42-46-70(72)85)82-52-84(94-88(92-82)54-23-5-2-6-24-54)58-40-44-66-64-30-14-20-38-78(64)90(80(66)50-58)75-35-17-11-27-61(75)62-28-12-18-36-76(62)90/h1-52,85-86H. The Morgan fingerprint density at radius 3 is 0.766 bits per heavy atom. The molecule has 0 saturated carbocycles. The highest BCUT2D eigenvalue weighted by Gasteiger charge is 2.53. The van der Waals surface area contributed by atoms with Crippen LogP contribution in [0.2, 0.25) is 0 Å². The highest BCUT2D eigenvalue weighted by Crippen LogP contribution is 2.65. The molecule has 0 N–H and O–H groups in total. The molecule has 2 unspecified atom stereocenters. The third-order valence-electron chi connectivity index (χ3n) is 21.7. The fraction of sp³-hybridized carbons (Fsp3) is 0.0444. The van der Waals surface area contributed by atoms with Gasteiger partial charge in [0.25, 0.3) is 0 Å². The highest BCUT2D eigenvalue weighted by atomic mass is 14.9. The number of hydrogen-bond donors (Lipinski definition) is 0. The van der Waals surface area contributed by atoms with Crippen LogP contribution in [0.15, 0.2) is 315 Å². The Labute approximate surface area is 545 Å². The van der Waals surface area contributed by atoms with Gasteiger partial charge in [0, 0.05) is 45.2 Å². The first-order valence-corrected chi connectivity index (χ1v) is 32.7. The lowest BCUT2D eigenvalue weighted by Crippen LogP contribution is -2.27. The fourth-order valence-corrected chi connectivity index (χ4v) is 18.0. The second kappa shape index (κ2) is 19.3. The van der Waals surface area contributed by atoms with Crippen molar-refractivity contribution in [3.05, 3.63) is 393 Å². The van der Waals surface area contributed by atoms with Gasteiger partial charge in [-0.3, -0.25) is 0 Å². The first-order chi connectivity index (χ1) is 46.6. The third kappa shape index (κ3) is 6.90. The average molecular weight is 1190 g/mol. The topological polar surface area (TPSA) is 51.6 Å². The van der Waals surface area contributed by atoms with Crippen LogP contribution in [0.5, 0.6) is 0 Å². The Morgan fingerprint density at radius 1 is 0.181 bits per heavy atom. The molecule has 434 valence electrons. The van der Waals surface area contributed by atoms with E-state index in [0.29, 0.717) is 11.6 Å². The van der Waals surface area contributed by atoms with E-state index in [-0.39, 0.29) is 11.8 Å². The maximum absolute atomic E-state index is 5.48. The highest BCUT2D eigenvalue weighted by molar-refractivity contribution is 5.98. The van der Waals surface area contributed by atoms with E-state index in [9.17, 15) is 0 Å². The summed E-state index contributed by atoms with van der Waals surface area (Å²) in [6.45, 7) is 0. The van der Waals surface area contributed by atoms with Gasteiger partial charge in [-0.15, -0.1) is 0 Å². The molecule has 2 atom stereocenters. The number of fused-ring (bicyclic) bond motifs is 20. The Kier molecular flexibility index (Phi) is 10.6. The Morgan fingerprint density at radius 2 is 0.436 bits per heavy atom. The molecule has 4 nitrogen and oxygen atoms in total. The van der Waals surface area contributed by atoms with Crippen LogP contribution in [0.3, 0.4) is 0 Å². The van der Waals surface area contributed by atoms with Gasteiger partial charge in [0.2, 0.25) is 0 Å². The van der Waals surface area contributed by atoms with Crippen molar-refractivity contribution in [2.24, 2.45) is 0 Å². The lowest BCUT2D eigenvalue weighted by Gasteiger charge is -2.42. The van der Waals surface area contributed by atoms with Crippen LogP contribution in [-0.4, -0.2) is 19.9 Å². The van der Waals surface area contributed by atoms with Crippen molar-refractivity contribution in [1.82, 2.24) is 19.9 Å². The van der Waals surface area contributed by atoms with Gasteiger partial charge in [0.15, 0.2) is 11.6 Å². The van der Waals surface area contributed by atoms with Gasteiger partial charge in [0.05, 0.1) is 33.6 Å². The molecule has 2 heterocycles. The molecule has 2 bridgehead atoms. The summed E-state index contributed by atoms with van der Waals surface area (Å²) < 4.78 is 0. The summed E-state index contributed by atoms with van der Waals surface area (Å²) in [6.07, 6.45) is 0. The normalized spacial score (nSPS) is 15.6. The molecule has 2 aromatic heterocycles. The van der Waals surface area contributed by atoms with E-state index in [1.807, 2.05) is 0 Å². The number of nitrogens with zero attached hydrogens (tertiary/aromatic N) is 4. The maximum atomic E-state index is 5.48.